The molecule has 0 fully saturated rings. The summed E-state index contributed by atoms with van der Waals surface area (Å²) in [5, 5.41) is 3.55. The fraction of sp³-hybridized carbons (Fsp3) is 0.318. The third kappa shape index (κ3) is 4.20. The minimum absolute atomic E-state index is 0.0190. The van der Waals surface area contributed by atoms with Gasteiger partial charge in [0, 0.05) is 18.3 Å². The number of ether oxygens (including phenoxy) is 2. The molecule has 35 heavy (non-hydrogen) atoms. The zero-order chi connectivity index (χ0) is 25.7. The molecule has 3 heterocycles. The molecule has 4 rings (SSSR count). The highest BCUT2D eigenvalue weighted by Crippen LogP contribution is 2.39. The predicted molar refractivity (Wildman–Crippen MR) is 117 cm³/mol. The third-order valence-electron chi connectivity index (χ3n) is 5.45. The molecule has 0 radical (unpaired) electrons. The quantitative estimate of drug-likeness (QED) is 0.495. The highest BCUT2D eigenvalue weighted by atomic mass is 32.2. The summed E-state index contributed by atoms with van der Waals surface area (Å²) in [7, 11) is -2.98. The molecule has 1 amide bonds. The molecular weight excluding hydrogens is 489 g/mol. The first-order valence-corrected chi connectivity index (χ1v) is 11.8. The molecule has 2 aromatic heterocycles. The fourth-order valence-corrected chi connectivity index (χ4v) is 5.14. The number of alkyl halides is 3. The fourth-order valence-electron chi connectivity index (χ4n) is 3.68. The second-order valence-electron chi connectivity index (χ2n) is 8.10. The van der Waals surface area contributed by atoms with Crippen molar-refractivity contribution in [1.29, 1.82) is 0 Å². The van der Waals surface area contributed by atoms with E-state index < -0.39 is 40.4 Å². The number of fused-ring (bicyclic) bond motifs is 1. The standard InChI is InChI=1S/C22H21F3N4O5S/c1-12(2)15-8-14(33-4)9-16-19(15)21(30)28(35(16,31)32)11-34-18-10-17(22(23,24)25)27-29(18)20-13(3)6-5-7-26-20/h5-10,12H,11H2,1-4H3. The Kier molecular flexibility index (Phi) is 5.99. The summed E-state index contributed by atoms with van der Waals surface area (Å²) in [6.07, 6.45) is -3.42. The largest absolute Gasteiger partial charge is 0.497 e. The van der Waals surface area contributed by atoms with Gasteiger partial charge in [-0.2, -0.15) is 27.3 Å². The lowest BCUT2D eigenvalue weighted by atomic mass is 9.96. The van der Waals surface area contributed by atoms with Crippen molar-refractivity contribution in [3.63, 3.8) is 0 Å². The second kappa shape index (κ2) is 8.56. The molecule has 0 aliphatic carbocycles. The molecule has 3 aromatic rings. The first kappa shape index (κ1) is 24.5. The Morgan fingerprint density at radius 2 is 1.89 bits per heavy atom. The van der Waals surface area contributed by atoms with Crippen LogP contribution in [0.25, 0.3) is 5.82 Å². The normalized spacial score (nSPS) is 15.0. The van der Waals surface area contributed by atoms with Crippen molar-refractivity contribution < 1.29 is 35.9 Å². The van der Waals surface area contributed by atoms with E-state index >= 15 is 0 Å². The highest BCUT2D eigenvalue weighted by molar-refractivity contribution is 7.90. The van der Waals surface area contributed by atoms with Crippen LogP contribution in [0, 0.1) is 6.92 Å². The zero-order valence-corrected chi connectivity index (χ0v) is 19.9. The van der Waals surface area contributed by atoms with Gasteiger partial charge in [0.25, 0.3) is 15.9 Å². The topological polar surface area (TPSA) is 104 Å². The molecule has 186 valence electrons. The van der Waals surface area contributed by atoms with E-state index in [-0.39, 0.29) is 27.9 Å². The Balaban J connectivity index is 1.74. The Labute approximate surface area is 199 Å². The SMILES string of the molecule is COc1cc(C(C)C)c2c(c1)S(=O)(=O)N(COc1cc(C(F)(F)F)nn1-c1ncccc1C)C2=O. The number of hydrogen-bond donors (Lipinski definition) is 0. The van der Waals surface area contributed by atoms with Crippen LogP contribution in [0.2, 0.25) is 0 Å². The van der Waals surface area contributed by atoms with Crippen LogP contribution in [0.3, 0.4) is 0 Å². The molecule has 1 aromatic carbocycles. The van der Waals surface area contributed by atoms with Crippen molar-refractivity contribution in [2.75, 3.05) is 13.8 Å². The van der Waals surface area contributed by atoms with Crippen LogP contribution in [0.5, 0.6) is 11.6 Å². The molecule has 0 saturated carbocycles. The van der Waals surface area contributed by atoms with E-state index in [1.54, 1.807) is 39.0 Å². The van der Waals surface area contributed by atoms with Gasteiger partial charge in [-0.15, -0.1) is 0 Å². The number of nitrogens with zero attached hydrogens (tertiary/aromatic N) is 4. The lowest BCUT2D eigenvalue weighted by Crippen LogP contribution is -2.34. The molecule has 13 heteroatoms. The minimum Gasteiger partial charge on any atom is -0.497 e. The molecular formula is C22H21F3N4O5S. The molecule has 9 nitrogen and oxygen atoms in total. The van der Waals surface area contributed by atoms with E-state index in [4.69, 9.17) is 9.47 Å². The number of hydrogen-bond acceptors (Lipinski definition) is 7. The van der Waals surface area contributed by atoms with Crippen LogP contribution in [0.4, 0.5) is 13.2 Å². The summed E-state index contributed by atoms with van der Waals surface area (Å²) in [5.41, 5.74) is -0.318. The second-order valence-corrected chi connectivity index (χ2v) is 9.93. The molecule has 0 unspecified atom stereocenters. The maximum absolute atomic E-state index is 13.4. The van der Waals surface area contributed by atoms with Gasteiger partial charge in [-0.3, -0.25) is 4.79 Å². The van der Waals surface area contributed by atoms with Crippen LogP contribution >= 0.6 is 0 Å². The van der Waals surface area contributed by atoms with Gasteiger partial charge in [0.2, 0.25) is 5.88 Å². The van der Waals surface area contributed by atoms with Gasteiger partial charge in [0.05, 0.1) is 12.7 Å². The van der Waals surface area contributed by atoms with Gasteiger partial charge in [-0.05, 0) is 36.1 Å². The number of aromatic nitrogens is 3. The Bertz CT molecular complexity index is 1420. The maximum Gasteiger partial charge on any atom is 0.435 e. The maximum atomic E-state index is 13.4. The Morgan fingerprint density at radius 3 is 2.49 bits per heavy atom. The number of aryl methyl sites for hydroxylation is 1. The number of rotatable bonds is 6. The van der Waals surface area contributed by atoms with Gasteiger partial charge in [0.1, 0.15) is 10.6 Å². The third-order valence-corrected chi connectivity index (χ3v) is 7.18. The predicted octanol–water partition coefficient (Wildman–Crippen LogP) is 3.91. The summed E-state index contributed by atoms with van der Waals surface area (Å²) in [6, 6.07) is 6.65. The average Bonchev–Trinajstić information content (AvgIpc) is 3.29. The minimum atomic E-state index is -4.79. The molecule has 1 aliphatic rings. The van der Waals surface area contributed by atoms with E-state index in [0.717, 1.165) is 4.68 Å². The van der Waals surface area contributed by atoms with Crippen LogP contribution < -0.4 is 9.47 Å². The van der Waals surface area contributed by atoms with Crippen LogP contribution in [-0.2, 0) is 16.2 Å². The lowest BCUT2D eigenvalue weighted by molar-refractivity contribution is -0.141. The number of benzene rings is 1. The van der Waals surface area contributed by atoms with E-state index in [1.807, 2.05) is 0 Å². The number of sulfonamides is 1. The zero-order valence-electron chi connectivity index (χ0n) is 19.1. The number of halogens is 3. The molecule has 0 spiro atoms. The van der Waals surface area contributed by atoms with Crippen LogP contribution in [-0.4, -0.2) is 47.2 Å². The van der Waals surface area contributed by atoms with E-state index in [2.05, 4.69) is 10.1 Å². The molecule has 0 saturated heterocycles. The van der Waals surface area contributed by atoms with Gasteiger partial charge >= 0.3 is 6.18 Å². The summed E-state index contributed by atoms with van der Waals surface area (Å²) in [4.78, 5) is 16.9. The molecule has 1 aliphatic heterocycles. The lowest BCUT2D eigenvalue weighted by Gasteiger charge is -2.16. The number of carbonyl (C=O) groups is 1. The van der Waals surface area contributed by atoms with Gasteiger partial charge in [-0.25, -0.2) is 13.4 Å². The number of carbonyl (C=O) groups excluding carboxylic acids is 1. The first-order chi connectivity index (χ1) is 16.4. The first-order valence-electron chi connectivity index (χ1n) is 10.4. The van der Waals surface area contributed by atoms with Crippen molar-refractivity contribution in [3.8, 4) is 17.4 Å². The van der Waals surface area contributed by atoms with Crippen molar-refractivity contribution in [3.05, 3.63) is 58.9 Å². The molecule has 0 atom stereocenters. The van der Waals surface area contributed by atoms with Gasteiger partial charge in [0.15, 0.2) is 18.2 Å². The molecule has 0 N–H and O–H groups in total. The van der Waals surface area contributed by atoms with Crippen LogP contribution in [0.15, 0.2) is 41.4 Å². The smallest absolute Gasteiger partial charge is 0.435 e. The summed E-state index contributed by atoms with van der Waals surface area (Å²) in [5.74, 6) is -1.17. The molecule has 0 bridgehead atoms. The van der Waals surface area contributed by atoms with Crippen LogP contribution in [0.1, 0.15) is 46.9 Å². The summed E-state index contributed by atoms with van der Waals surface area (Å²) >= 11 is 0. The highest BCUT2D eigenvalue weighted by Gasteiger charge is 2.44. The van der Waals surface area contributed by atoms with Crippen molar-refractivity contribution in [2.45, 2.75) is 37.8 Å². The Hall–Kier alpha value is -3.61. The van der Waals surface area contributed by atoms with Gasteiger partial charge in [-0.1, -0.05) is 19.9 Å². The average molecular weight is 510 g/mol. The number of methoxy groups -OCH3 is 1. The Morgan fingerprint density at radius 1 is 1.17 bits per heavy atom. The van der Waals surface area contributed by atoms with Crippen molar-refractivity contribution in [2.24, 2.45) is 0 Å². The van der Waals surface area contributed by atoms with Crippen molar-refractivity contribution >= 4 is 15.9 Å². The van der Waals surface area contributed by atoms with E-state index in [0.29, 0.717) is 21.5 Å². The monoisotopic (exact) mass is 510 g/mol. The van der Waals surface area contributed by atoms with E-state index in [1.165, 1.54) is 19.4 Å². The van der Waals surface area contributed by atoms with Crippen molar-refractivity contribution in [1.82, 2.24) is 19.1 Å². The summed E-state index contributed by atoms with van der Waals surface area (Å²) in [6.45, 7) is 4.33. The number of pyridine rings is 1. The number of amides is 1. The van der Waals surface area contributed by atoms with E-state index in [9.17, 15) is 26.4 Å². The van der Waals surface area contributed by atoms with Gasteiger partial charge < -0.3 is 9.47 Å². The summed E-state index contributed by atoms with van der Waals surface area (Å²) < 4.78 is 78.4.